The van der Waals surface area contributed by atoms with Gasteiger partial charge in [-0.05, 0) is 31.2 Å². The number of nitrogens with zero attached hydrogens (tertiary/aromatic N) is 1. The zero-order valence-electron chi connectivity index (χ0n) is 17.2. The number of aliphatic imine (C=N–C) groups is 1. The number of nitrogens with one attached hydrogen (secondary N) is 2. The molecule has 1 saturated heterocycles. The van der Waals surface area contributed by atoms with Crippen LogP contribution in [0.4, 0.5) is 13.2 Å². The first kappa shape index (κ1) is 26.8. The summed E-state index contributed by atoms with van der Waals surface area (Å²) in [4.78, 5) is 4.13. The number of rotatable bonds is 10. The lowest BCUT2D eigenvalue weighted by atomic mass is 10.0. The van der Waals surface area contributed by atoms with Crippen molar-refractivity contribution in [2.45, 2.75) is 32.0 Å². The van der Waals surface area contributed by atoms with Crippen LogP contribution in [0.2, 0.25) is 0 Å². The quantitative estimate of drug-likeness (QED) is 0.203. The fourth-order valence-electron chi connectivity index (χ4n) is 2.89. The van der Waals surface area contributed by atoms with Crippen molar-refractivity contribution in [2.24, 2.45) is 10.9 Å². The number of halogens is 4. The van der Waals surface area contributed by atoms with Gasteiger partial charge in [0.15, 0.2) is 12.6 Å². The molecule has 0 bridgehead atoms. The maximum atomic E-state index is 12.4. The van der Waals surface area contributed by atoms with E-state index in [-0.39, 0.29) is 29.7 Å². The summed E-state index contributed by atoms with van der Waals surface area (Å²) >= 11 is 0. The van der Waals surface area contributed by atoms with Crippen molar-refractivity contribution in [3.05, 3.63) is 29.8 Å². The maximum absolute atomic E-state index is 12.4. The molecule has 0 atom stereocenters. The predicted molar refractivity (Wildman–Crippen MR) is 121 cm³/mol. The number of para-hydroxylation sites is 1. The van der Waals surface area contributed by atoms with E-state index in [1.54, 1.807) is 25.2 Å². The van der Waals surface area contributed by atoms with Crippen LogP contribution in [-0.4, -0.2) is 58.8 Å². The van der Waals surface area contributed by atoms with Crippen molar-refractivity contribution < 1.29 is 27.4 Å². The normalized spacial score (nSPS) is 15.4. The van der Waals surface area contributed by atoms with E-state index in [9.17, 15) is 13.2 Å². The largest absolute Gasteiger partial charge is 0.484 e. The number of ether oxygens (including phenoxy) is 3. The summed E-state index contributed by atoms with van der Waals surface area (Å²) in [6.07, 6.45) is -1.42. The summed E-state index contributed by atoms with van der Waals surface area (Å²) < 4.78 is 53.1. The summed E-state index contributed by atoms with van der Waals surface area (Å²) in [6.45, 7) is 2.74. The Hall–Kier alpha value is -1.27. The van der Waals surface area contributed by atoms with E-state index in [4.69, 9.17) is 14.2 Å². The first-order valence-corrected chi connectivity index (χ1v) is 9.85. The van der Waals surface area contributed by atoms with Crippen LogP contribution in [0.1, 0.15) is 24.8 Å². The van der Waals surface area contributed by atoms with Crippen molar-refractivity contribution in [1.82, 2.24) is 10.6 Å². The van der Waals surface area contributed by atoms with Crippen LogP contribution in [-0.2, 0) is 16.0 Å². The van der Waals surface area contributed by atoms with Crippen molar-refractivity contribution in [1.29, 1.82) is 0 Å². The molecule has 172 valence electrons. The average molecular weight is 545 g/mol. The summed E-state index contributed by atoms with van der Waals surface area (Å²) in [5, 5.41) is 6.26. The van der Waals surface area contributed by atoms with E-state index < -0.39 is 12.8 Å². The van der Waals surface area contributed by atoms with Gasteiger partial charge in [-0.3, -0.25) is 4.99 Å². The average Bonchev–Trinajstić information content (AvgIpc) is 2.72. The van der Waals surface area contributed by atoms with Crippen LogP contribution in [0.25, 0.3) is 0 Å². The molecule has 0 radical (unpaired) electrons. The Morgan fingerprint density at radius 2 is 1.93 bits per heavy atom. The third-order valence-corrected chi connectivity index (χ3v) is 4.49. The molecule has 0 aromatic heterocycles. The van der Waals surface area contributed by atoms with Crippen molar-refractivity contribution in [3.63, 3.8) is 0 Å². The van der Waals surface area contributed by atoms with Crippen LogP contribution < -0.4 is 15.4 Å². The molecular weight excluding hydrogens is 514 g/mol. The number of hydrogen-bond donors (Lipinski definition) is 2. The van der Waals surface area contributed by atoms with E-state index >= 15 is 0 Å². The lowest BCUT2D eigenvalue weighted by Gasteiger charge is -2.21. The lowest BCUT2D eigenvalue weighted by Crippen LogP contribution is -2.37. The molecule has 30 heavy (non-hydrogen) atoms. The third-order valence-electron chi connectivity index (χ3n) is 4.49. The van der Waals surface area contributed by atoms with E-state index in [1.165, 1.54) is 6.07 Å². The number of guanidine groups is 1. The molecule has 1 aliphatic rings. The summed E-state index contributed by atoms with van der Waals surface area (Å²) in [6, 6.07) is 6.64. The molecule has 2 N–H and O–H groups in total. The first-order valence-electron chi connectivity index (χ1n) is 9.85. The SMILES string of the molecule is CN=C(NCCCOCC1CCOCC1)NCc1ccccc1OCC(F)(F)F.I. The van der Waals surface area contributed by atoms with E-state index in [1.807, 2.05) is 0 Å². The number of benzene rings is 1. The van der Waals surface area contributed by atoms with Crippen molar-refractivity contribution >= 4 is 29.9 Å². The third kappa shape index (κ3) is 11.2. The molecule has 0 aliphatic carbocycles. The monoisotopic (exact) mass is 545 g/mol. The summed E-state index contributed by atoms with van der Waals surface area (Å²) in [5.41, 5.74) is 0.625. The minimum Gasteiger partial charge on any atom is -0.484 e. The van der Waals surface area contributed by atoms with Crippen LogP contribution in [0.15, 0.2) is 29.3 Å². The second-order valence-electron chi connectivity index (χ2n) is 6.85. The topological polar surface area (TPSA) is 64.1 Å². The highest BCUT2D eigenvalue weighted by Gasteiger charge is 2.28. The van der Waals surface area contributed by atoms with Gasteiger partial charge in [-0.25, -0.2) is 0 Å². The van der Waals surface area contributed by atoms with Crippen LogP contribution in [0, 0.1) is 5.92 Å². The predicted octanol–water partition coefficient (Wildman–Crippen LogP) is 3.74. The molecule has 1 aromatic rings. The van der Waals surface area contributed by atoms with Crippen molar-refractivity contribution in [2.75, 3.05) is 46.6 Å². The molecule has 0 saturated carbocycles. The van der Waals surface area contributed by atoms with Gasteiger partial charge in [-0.1, -0.05) is 18.2 Å². The second kappa shape index (κ2) is 14.7. The zero-order valence-corrected chi connectivity index (χ0v) is 19.5. The molecule has 1 fully saturated rings. The molecule has 6 nitrogen and oxygen atoms in total. The molecule has 2 rings (SSSR count). The van der Waals surface area contributed by atoms with E-state index in [2.05, 4.69) is 15.6 Å². The van der Waals surface area contributed by atoms with Gasteiger partial charge < -0.3 is 24.8 Å². The second-order valence-corrected chi connectivity index (χ2v) is 6.85. The molecule has 0 unspecified atom stereocenters. The molecular formula is C20H31F3IN3O3. The molecule has 0 amide bonds. The van der Waals surface area contributed by atoms with Gasteiger partial charge in [0.05, 0.1) is 0 Å². The Kier molecular flexibility index (Phi) is 13.1. The van der Waals surface area contributed by atoms with Gasteiger partial charge in [0.1, 0.15) is 5.75 Å². The van der Waals surface area contributed by atoms with Gasteiger partial charge in [-0.2, -0.15) is 13.2 Å². The Morgan fingerprint density at radius 1 is 1.20 bits per heavy atom. The van der Waals surface area contributed by atoms with Crippen LogP contribution in [0.5, 0.6) is 5.75 Å². The molecule has 1 heterocycles. The highest BCUT2D eigenvalue weighted by Crippen LogP contribution is 2.22. The lowest BCUT2D eigenvalue weighted by molar-refractivity contribution is -0.153. The highest BCUT2D eigenvalue weighted by atomic mass is 127. The van der Waals surface area contributed by atoms with Crippen molar-refractivity contribution in [3.8, 4) is 5.75 Å². The Bertz CT molecular complexity index is 627. The molecule has 10 heteroatoms. The smallest absolute Gasteiger partial charge is 0.422 e. The Balaban J connectivity index is 0.00000450. The number of alkyl halides is 3. The fourth-order valence-corrected chi connectivity index (χ4v) is 2.89. The Morgan fingerprint density at radius 3 is 2.63 bits per heavy atom. The minimum atomic E-state index is -4.37. The molecule has 1 aliphatic heterocycles. The summed E-state index contributed by atoms with van der Waals surface area (Å²) in [5.74, 6) is 1.36. The van der Waals surface area contributed by atoms with Crippen LogP contribution in [0.3, 0.4) is 0 Å². The van der Waals surface area contributed by atoms with E-state index in [0.29, 0.717) is 37.1 Å². The minimum absolute atomic E-state index is 0. The van der Waals surface area contributed by atoms with Gasteiger partial charge in [0.2, 0.25) is 0 Å². The fraction of sp³-hybridized carbons (Fsp3) is 0.650. The molecule has 1 aromatic carbocycles. The highest BCUT2D eigenvalue weighted by molar-refractivity contribution is 14.0. The standard InChI is InChI=1S/C20H30F3N3O3.HI/c1-24-19(25-9-4-10-28-14-16-7-11-27-12-8-16)26-13-17-5-2-3-6-18(17)29-15-20(21,22)23;/h2-3,5-6,16H,4,7-15H2,1H3,(H2,24,25,26);1H. The number of hydrogen-bond acceptors (Lipinski definition) is 4. The summed E-state index contributed by atoms with van der Waals surface area (Å²) in [7, 11) is 1.64. The Labute approximate surface area is 193 Å². The van der Waals surface area contributed by atoms with Crippen LogP contribution >= 0.6 is 24.0 Å². The molecule has 0 spiro atoms. The van der Waals surface area contributed by atoms with Gasteiger partial charge in [0.25, 0.3) is 0 Å². The van der Waals surface area contributed by atoms with E-state index in [0.717, 1.165) is 39.1 Å². The van der Waals surface area contributed by atoms with Gasteiger partial charge in [-0.15, -0.1) is 24.0 Å². The van der Waals surface area contributed by atoms with Gasteiger partial charge in [0, 0.05) is 52.1 Å². The maximum Gasteiger partial charge on any atom is 0.422 e. The van der Waals surface area contributed by atoms with Gasteiger partial charge >= 0.3 is 6.18 Å². The first-order chi connectivity index (χ1) is 14.0. The zero-order chi connectivity index (χ0) is 21.0.